The van der Waals surface area contributed by atoms with E-state index in [1.54, 1.807) is 19.5 Å². The average molecular weight is 395 g/mol. The lowest BCUT2D eigenvalue weighted by Crippen LogP contribution is -2.46. The number of benzene rings is 1. The first kappa shape index (κ1) is 19.9. The minimum Gasteiger partial charge on any atom is -0.497 e. The number of pyridine rings is 1. The average Bonchev–Trinajstić information content (AvgIpc) is 2.95. The number of carbonyl (C=O) groups excluding carboxylic acids is 1. The predicted octanol–water partition coefficient (Wildman–Crippen LogP) is 3.02. The maximum Gasteiger partial charge on any atom is 0.232 e. The minimum atomic E-state index is -0.340. The third kappa shape index (κ3) is 4.14. The van der Waals surface area contributed by atoms with Crippen molar-refractivity contribution in [1.29, 1.82) is 0 Å². The SMILES string of the molecule is COc1cccc(CN2CC[C@H]3N(C)CC[C@@]3(C(=O)Nc3cccnc3)CC2)c1. The quantitative estimate of drug-likeness (QED) is 0.845. The molecule has 6 nitrogen and oxygen atoms in total. The second-order valence-electron chi connectivity index (χ2n) is 8.26. The molecule has 2 aliphatic heterocycles. The van der Waals surface area contributed by atoms with Gasteiger partial charge in [-0.25, -0.2) is 0 Å². The number of methoxy groups -OCH3 is 1. The molecule has 0 bridgehead atoms. The highest BCUT2D eigenvalue weighted by Gasteiger charge is 2.52. The lowest BCUT2D eigenvalue weighted by atomic mass is 9.75. The number of hydrogen-bond donors (Lipinski definition) is 1. The van der Waals surface area contributed by atoms with Crippen LogP contribution in [-0.2, 0) is 11.3 Å². The predicted molar refractivity (Wildman–Crippen MR) is 114 cm³/mol. The standard InChI is InChI=1S/C23H30N4O2/c1-26-13-9-23(22(28)25-19-6-4-11-24-16-19)10-14-27(12-8-21(23)26)17-18-5-3-7-20(15-18)29-2/h3-7,11,15-16,21H,8-10,12-14,17H2,1-2H3,(H,25,28)/t21-,23-/m1/s1. The molecule has 1 N–H and O–H groups in total. The van der Waals surface area contributed by atoms with E-state index in [-0.39, 0.29) is 17.4 Å². The maximum atomic E-state index is 13.4. The summed E-state index contributed by atoms with van der Waals surface area (Å²) in [5.74, 6) is 1.03. The fourth-order valence-electron chi connectivity index (χ4n) is 4.94. The van der Waals surface area contributed by atoms with E-state index in [1.165, 1.54) is 5.56 Å². The molecule has 2 fully saturated rings. The van der Waals surface area contributed by atoms with E-state index >= 15 is 0 Å². The number of nitrogens with zero attached hydrogens (tertiary/aromatic N) is 3. The summed E-state index contributed by atoms with van der Waals surface area (Å²) in [4.78, 5) is 22.4. The van der Waals surface area contributed by atoms with Crippen molar-refractivity contribution < 1.29 is 9.53 Å². The fourth-order valence-corrected chi connectivity index (χ4v) is 4.94. The number of aromatic nitrogens is 1. The second kappa shape index (κ2) is 8.51. The number of anilines is 1. The summed E-state index contributed by atoms with van der Waals surface area (Å²) >= 11 is 0. The molecule has 6 heteroatoms. The highest BCUT2D eigenvalue weighted by atomic mass is 16.5. The van der Waals surface area contributed by atoms with E-state index in [0.29, 0.717) is 0 Å². The Morgan fingerprint density at radius 1 is 1.24 bits per heavy atom. The van der Waals surface area contributed by atoms with E-state index in [0.717, 1.165) is 56.9 Å². The fraction of sp³-hybridized carbons (Fsp3) is 0.478. The minimum absolute atomic E-state index is 0.142. The molecule has 0 aliphatic carbocycles. The Balaban J connectivity index is 1.49. The van der Waals surface area contributed by atoms with Crippen LogP contribution >= 0.6 is 0 Å². The second-order valence-corrected chi connectivity index (χ2v) is 8.26. The van der Waals surface area contributed by atoms with E-state index in [1.807, 2.05) is 24.3 Å². The molecule has 2 aromatic rings. The highest BCUT2D eigenvalue weighted by Crippen LogP contribution is 2.44. The number of carbonyl (C=O) groups is 1. The van der Waals surface area contributed by atoms with Crippen LogP contribution in [0.1, 0.15) is 24.8 Å². The summed E-state index contributed by atoms with van der Waals surface area (Å²) in [6, 6.07) is 12.3. The van der Waals surface area contributed by atoms with Crippen molar-refractivity contribution in [3.8, 4) is 5.75 Å². The Morgan fingerprint density at radius 3 is 2.90 bits per heavy atom. The molecule has 2 atom stereocenters. The van der Waals surface area contributed by atoms with Gasteiger partial charge < -0.3 is 15.0 Å². The molecule has 0 radical (unpaired) electrons. The number of fused-ring (bicyclic) bond motifs is 1. The summed E-state index contributed by atoms with van der Waals surface area (Å²) in [5, 5.41) is 3.14. The number of hydrogen-bond acceptors (Lipinski definition) is 5. The Morgan fingerprint density at radius 2 is 2.10 bits per heavy atom. The summed E-state index contributed by atoms with van der Waals surface area (Å²) in [6.45, 7) is 3.77. The molecule has 1 aromatic carbocycles. The molecule has 1 amide bonds. The van der Waals surface area contributed by atoms with Crippen LogP contribution in [-0.4, -0.2) is 60.5 Å². The van der Waals surface area contributed by atoms with Gasteiger partial charge in [-0.05, 0) is 69.2 Å². The summed E-state index contributed by atoms with van der Waals surface area (Å²) in [6.07, 6.45) is 6.22. The number of amides is 1. The zero-order valence-corrected chi connectivity index (χ0v) is 17.3. The van der Waals surface area contributed by atoms with Crippen LogP contribution in [0.25, 0.3) is 0 Å². The number of nitrogens with one attached hydrogen (secondary N) is 1. The van der Waals surface area contributed by atoms with Crippen molar-refractivity contribution in [2.45, 2.75) is 31.8 Å². The van der Waals surface area contributed by atoms with Crippen LogP contribution in [0.4, 0.5) is 5.69 Å². The lowest BCUT2D eigenvalue weighted by molar-refractivity contribution is -0.127. The van der Waals surface area contributed by atoms with Gasteiger partial charge in [0.15, 0.2) is 0 Å². The van der Waals surface area contributed by atoms with Crippen LogP contribution in [0, 0.1) is 5.41 Å². The first-order valence-electron chi connectivity index (χ1n) is 10.4. The molecular formula is C23H30N4O2. The van der Waals surface area contributed by atoms with E-state index in [9.17, 15) is 4.79 Å². The van der Waals surface area contributed by atoms with Crippen molar-refractivity contribution in [2.75, 3.05) is 39.1 Å². The van der Waals surface area contributed by atoms with Crippen molar-refractivity contribution in [1.82, 2.24) is 14.8 Å². The molecular weight excluding hydrogens is 364 g/mol. The van der Waals surface area contributed by atoms with Gasteiger partial charge in [0.2, 0.25) is 5.91 Å². The van der Waals surface area contributed by atoms with Crippen molar-refractivity contribution in [3.05, 3.63) is 54.4 Å². The van der Waals surface area contributed by atoms with Crippen LogP contribution in [0.5, 0.6) is 5.75 Å². The molecule has 29 heavy (non-hydrogen) atoms. The summed E-state index contributed by atoms with van der Waals surface area (Å²) in [7, 11) is 3.86. The number of likely N-dealkylation sites (tertiary alicyclic amines) is 2. The number of rotatable bonds is 5. The first-order chi connectivity index (χ1) is 14.1. The number of ether oxygens (including phenoxy) is 1. The topological polar surface area (TPSA) is 57.7 Å². The lowest BCUT2D eigenvalue weighted by Gasteiger charge is -2.34. The van der Waals surface area contributed by atoms with Gasteiger partial charge in [-0.3, -0.25) is 14.7 Å². The van der Waals surface area contributed by atoms with E-state index in [2.05, 4.69) is 39.3 Å². The molecule has 2 aliphatic rings. The summed E-state index contributed by atoms with van der Waals surface area (Å²) in [5.41, 5.74) is 1.68. The molecule has 0 unspecified atom stereocenters. The zero-order valence-electron chi connectivity index (χ0n) is 17.3. The van der Waals surface area contributed by atoms with Crippen molar-refractivity contribution >= 4 is 11.6 Å². The van der Waals surface area contributed by atoms with Gasteiger partial charge >= 0.3 is 0 Å². The third-order valence-electron chi connectivity index (χ3n) is 6.59. The Hall–Kier alpha value is -2.44. The monoisotopic (exact) mass is 394 g/mol. The molecule has 0 spiro atoms. The van der Waals surface area contributed by atoms with Gasteiger partial charge in [0.25, 0.3) is 0 Å². The summed E-state index contributed by atoms with van der Waals surface area (Å²) < 4.78 is 5.36. The first-order valence-corrected chi connectivity index (χ1v) is 10.4. The van der Waals surface area contributed by atoms with E-state index in [4.69, 9.17) is 4.74 Å². The largest absolute Gasteiger partial charge is 0.497 e. The molecule has 154 valence electrons. The molecule has 0 saturated carbocycles. The van der Waals surface area contributed by atoms with Gasteiger partial charge in [-0.15, -0.1) is 0 Å². The third-order valence-corrected chi connectivity index (χ3v) is 6.59. The molecule has 3 heterocycles. The smallest absolute Gasteiger partial charge is 0.232 e. The molecule has 1 aromatic heterocycles. The normalized spacial score (nSPS) is 25.2. The maximum absolute atomic E-state index is 13.4. The van der Waals surface area contributed by atoms with E-state index < -0.39 is 0 Å². The van der Waals surface area contributed by atoms with Gasteiger partial charge in [0.1, 0.15) is 5.75 Å². The highest BCUT2D eigenvalue weighted by molar-refractivity contribution is 5.96. The zero-order chi connectivity index (χ0) is 20.3. The van der Waals surface area contributed by atoms with Gasteiger partial charge in [-0.2, -0.15) is 0 Å². The van der Waals surface area contributed by atoms with Gasteiger partial charge in [0.05, 0.1) is 24.4 Å². The Bertz CT molecular complexity index is 844. The van der Waals surface area contributed by atoms with Gasteiger partial charge in [-0.1, -0.05) is 12.1 Å². The molecule has 2 saturated heterocycles. The molecule has 4 rings (SSSR count). The van der Waals surface area contributed by atoms with Crippen LogP contribution < -0.4 is 10.1 Å². The van der Waals surface area contributed by atoms with Crippen molar-refractivity contribution in [2.24, 2.45) is 5.41 Å². The Labute approximate surface area is 172 Å². The van der Waals surface area contributed by atoms with Crippen LogP contribution in [0.3, 0.4) is 0 Å². The van der Waals surface area contributed by atoms with Crippen LogP contribution in [0.15, 0.2) is 48.8 Å². The van der Waals surface area contributed by atoms with Crippen LogP contribution in [0.2, 0.25) is 0 Å². The Kier molecular flexibility index (Phi) is 5.83. The van der Waals surface area contributed by atoms with Gasteiger partial charge in [0, 0.05) is 25.3 Å². The van der Waals surface area contributed by atoms with Crippen molar-refractivity contribution in [3.63, 3.8) is 0 Å².